The standard InChI is InChI=1S/C30H27N3O2/c1-21-18-22(2)33(32-21)24-12-9-11-23(19-24)10-7-8-17-31-30(34)35-20-29-27-15-5-3-13-25(27)26-14-4-6-16-28(26)29/h3-6,9,11-16,18-19,29H,8,17,20H2,1-2H3,(H,31,34). The summed E-state index contributed by atoms with van der Waals surface area (Å²) in [7, 11) is 0. The molecular formula is C30H27N3O2. The van der Waals surface area contributed by atoms with E-state index < -0.39 is 6.09 Å². The van der Waals surface area contributed by atoms with Gasteiger partial charge in [0.2, 0.25) is 0 Å². The Labute approximate surface area is 205 Å². The molecule has 0 radical (unpaired) electrons. The number of nitrogens with one attached hydrogen (secondary N) is 1. The highest BCUT2D eigenvalue weighted by molar-refractivity contribution is 5.79. The fraction of sp³-hybridized carbons (Fsp3) is 0.200. The average molecular weight is 462 g/mol. The highest BCUT2D eigenvalue weighted by Crippen LogP contribution is 2.44. The molecule has 0 aliphatic heterocycles. The number of nitrogens with zero attached hydrogens (tertiary/aromatic N) is 2. The summed E-state index contributed by atoms with van der Waals surface area (Å²) < 4.78 is 7.49. The van der Waals surface area contributed by atoms with E-state index in [2.05, 4.69) is 46.5 Å². The van der Waals surface area contributed by atoms with Gasteiger partial charge < -0.3 is 10.1 Å². The Hall–Kier alpha value is -4.30. The zero-order chi connectivity index (χ0) is 24.2. The van der Waals surface area contributed by atoms with Crippen LogP contribution in [0.1, 0.15) is 40.4 Å². The molecule has 5 rings (SSSR count). The van der Waals surface area contributed by atoms with Crippen LogP contribution in [0.25, 0.3) is 16.8 Å². The number of hydrogen-bond donors (Lipinski definition) is 1. The van der Waals surface area contributed by atoms with E-state index in [1.807, 2.05) is 73.1 Å². The van der Waals surface area contributed by atoms with Crippen LogP contribution >= 0.6 is 0 Å². The first-order valence-corrected chi connectivity index (χ1v) is 11.8. The lowest BCUT2D eigenvalue weighted by Gasteiger charge is -2.14. The van der Waals surface area contributed by atoms with E-state index in [4.69, 9.17) is 4.74 Å². The van der Waals surface area contributed by atoms with Crippen LogP contribution in [0.2, 0.25) is 0 Å². The first kappa shape index (κ1) is 22.5. The summed E-state index contributed by atoms with van der Waals surface area (Å²) in [6.45, 7) is 4.76. The number of aryl methyl sites for hydroxylation is 2. The Kier molecular flexibility index (Phi) is 6.36. The third-order valence-corrected chi connectivity index (χ3v) is 6.20. The molecule has 0 spiro atoms. The van der Waals surface area contributed by atoms with E-state index >= 15 is 0 Å². The van der Waals surface area contributed by atoms with Gasteiger partial charge in [0.15, 0.2) is 0 Å². The van der Waals surface area contributed by atoms with Crippen LogP contribution in [-0.2, 0) is 4.74 Å². The lowest BCUT2D eigenvalue weighted by Crippen LogP contribution is -2.26. The van der Waals surface area contributed by atoms with E-state index in [1.165, 1.54) is 22.3 Å². The Morgan fingerprint density at radius 3 is 2.37 bits per heavy atom. The number of benzene rings is 3. The fourth-order valence-corrected chi connectivity index (χ4v) is 4.65. The van der Waals surface area contributed by atoms with Gasteiger partial charge in [-0.15, -0.1) is 0 Å². The number of carbonyl (C=O) groups is 1. The number of hydrogen-bond acceptors (Lipinski definition) is 3. The van der Waals surface area contributed by atoms with Crippen molar-refractivity contribution in [3.63, 3.8) is 0 Å². The van der Waals surface area contributed by atoms with Gasteiger partial charge in [-0.3, -0.25) is 0 Å². The second kappa shape index (κ2) is 9.90. The molecule has 1 aliphatic rings. The van der Waals surface area contributed by atoms with Crippen LogP contribution in [0.15, 0.2) is 78.9 Å². The first-order chi connectivity index (χ1) is 17.1. The minimum atomic E-state index is -0.416. The molecule has 0 unspecified atom stereocenters. The summed E-state index contributed by atoms with van der Waals surface area (Å²) in [5, 5.41) is 7.34. The van der Waals surface area contributed by atoms with E-state index in [1.54, 1.807) is 0 Å². The lowest BCUT2D eigenvalue weighted by molar-refractivity contribution is 0.143. The van der Waals surface area contributed by atoms with E-state index in [9.17, 15) is 4.79 Å². The van der Waals surface area contributed by atoms with Crippen molar-refractivity contribution in [2.45, 2.75) is 26.2 Å². The van der Waals surface area contributed by atoms with Crippen LogP contribution in [0.4, 0.5) is 4.79 Å². The summed E-state index contributed by atoms with van der Waals surface area (Å²) in [6.07, 6.45) is 0.120. The normalized spacial score (nSPS) is 11.8. The molecule has 174 valence electrons. The van der Waals surface area contributed by atoms with Gasteiger partial charge >= 0.3 is 6.09 Å². The summed E-state index contributed by atoms with van der Waals surface area (Å²) in [5.74, 6) is 6.36. The van der Waals surface area contributed by atoms with Gasteiger partial charge in [-0.1, -0.05) is 66.4 Å². The lowest BCUT2D eigenvalue weighted by atomic mass is 9.98. The first-order valence-electron chi connectivity index (χ1n) is 11.8. The van der Waals surface area contributed by atoms with E-state index in [-0.39, 0.29) is 5.92 Å². The second-order valence-corrected chi connectivity index (χ2v) is 8.69. The van der Waals surface area contributed by atoms with Crippen LogP contribution in [0, 0.1) is 25.7 Å². The molecule has 0 bridgehead atoms. The summed E-state index contributed by atoms with van der Waals surface area (Å²) in [4.78, 5) is 12.3. The molecule has 0 saturated carbocycles. The molecule has 1 aromatic heterocycles. The zero-order valence-electron chi connectivity index (χ0n) is 19.9. The Balaban J connectivity index is 1.13. The average Bonchev–Trinajstić information content (AvgIpc) is 3.38. The minimum Gasteiger partial charge on any atom is -0.449 e. The van der Waals surface area contributed by atoms with Crippen molar-refractivity contribution in [1.82, 2.24) is 15.1 Å². The van der Waals surface area contributed by atoms with Crippen molar-refractivity contribution in [3.05, 3.63) is 107 Å². The Morgan fingerprint density at radius 1 is 0.971 bits per heavy atom. The van der Waals surface area contributed by atoms with Crippen LogP contribution in [0.5, 0.6) is 0 Å². The van der Waals surface area contributed by atoms with Gasteiger partial charge in [-0.2, -0.15) is 5.10 Å². The van der Waals surface area contributed by atoms with Crippen molar-refractivity contribution in [2.24, 2.45) is 0 Å². The maximum Gasteiger partial charge on any atom is 0.407 e. The smallest absolute Gasteiger partial charge is 0.407 e. The molecule has 35 heavy (non-hydrogen) atoms. The maximum absolute atomic E-state index is 12.3. The predicted octanol–water partition coefficient (Wildman–Crippen LogP) is 5.77. The number of alkyl carbamates (subject to hydrolysis) is 1. The number of ether oxygens (including phenoxy) is 1. The quantitative estimate of drug-likeness (QED) is 0.303. The molecular weight excluding hydrogens is 434 g/mol. The maximum atomic E-state index is 12.3. The topological polar surface area (TPSA) is 56.2 Å². The molecule has 1 aliphatic carbocycles. The highest BCUT2D eigenvalue weighted by atomic mass is 16.5. The molecule has 4 aromatic rings. The van der Waals surface area contributed by atoms with Gasteiger partial charge in [0.1, 0.15) is 6.61 Å². The molecule has 5 heteroatoms. The van der Waals surface area contributed by atoms with Crippen LogP contribution in [0.3, 0.4) is 0 Å². The van der Waals surface area contributed by atoms with Gasteiger partial charge in [-0.25, -0.2) is 9.48 Å². The van der Waals surface area contributed by atoms with Crippen molar-refractivity contribution in [2.75, 3.05) is 13.2 Å². The summed E-state index contributed by atoms with van der Waals surface area (Å²) in [5.41, 5.74) is 8.81. The fourth-order valence-electron chi connectivity index (χ4n) is 4.65. The number of amides is 1. The SMILES string of the molecule is Cc1cc(C)n(-c2cccc(C#CCCNC(=O)OCC3c4ccccc4-c4ccccc43)c2)n1. The summed E-state index contributed by atoms with van der Waals surface area (Å²) in [6, 6.07) is 26.7. The molecule has 0 fully saturated rings. The predicted molar refractivity (Wildman–Crippen MR) is 138 cm³/mol. The molecule has 1 N–H and O–H groups in total. The number of carbonyl (C=O) groups excluding carboxylic acids is 1. The summed E-state index contributed by atoms with van der Waals surface area (Å²) >= 11 is 0. The van der Waals surface area contributed by atoms with Crippen molar-refractivity contribution < 1.29 is 9.53 Å². The largest absolute Gasteiger partial charge is 0.449 e. The Bertz CT molecular complexity index is 1400. The molecule has 1 heterocycles. The second-order valence-electron chi connectivity index (χ2n) is 8.69. The molecule has 0 saturated heterocycles. The molecule has 5 nitrogen and oxygen atoms in total. The number of fused-ring (bicyclic) bond motifs is 3. The molecule has 1 amide bonds. The van der Waals surface area contributed by atoms with E-state index in [0.29, 0.717) is 19.6 Å². The zero-order valence-corrected chi connectivity index (χ0v) is 19.9. The van der Waals surface area contributed by atoms with Crippen molar-refractivity contribution in [3.8, 4) is 28.7 Å². The van der Waals surface area contributed by atoms with Gasteiger partial charge in [0.05, 0.1) is 11.4 Å². The van der Waals surface area contributed by atoms with Crippen LogP contribution in [-0.4, -0.2) is 29.0 Å². The van der Waals surface area contributed by atoms with E-state index in [0.717, 1.165) is 22.6 Å². The van der Waals surface area contributed by atoms with Gasteiger partial charge in [0.25, 0.3) is 0 Å². The molecule has 0 atom stereocenters. The minimum absolute atomic E-state index is 0.0578. The van der Waals surface area contributed by atoms with Gasteiger partial charge in [-0.05, 0) is 60.4 Å². The Morgan fingerprint density at radius 2 is 1.69 bits per heavy atom. The van der Waals surface area contributed by atoms with Gasteiger partial charge in [0, 0.05) is 30.1 Å². The van der Waals surface area contributed by atoms with Crippen molar-refractivity contribution in [1.29, 1.82) is 0 Å². The van der Waals surface area contributed by atoms with Crippen LogP contribution < -0.4 is 5.32 Å². The third-order valence-electron chi connectivity index (χ3n) is 6.20. The molecule has 3 aromatic carbocycles. The third kappa shape index (κ3) is 4.83. The van der Waals surface area contributed by atoms with Crippen molar-refractivity contribution >= 4 is 6.09 Å². The monoisotopic (exact) mass is 461 g/mol. The number of aromatic nitrogens is 2. The highest BCUT2D eigenvalue weighted by Gasteiger charge is 2.28. The number of rotatable bonds is 5.